The summed E-state index contributed by atoms with van der Waals surface area (Å²) in [5.41, 5.74) is 1.21. The van der Waals surface area contributed by atoms with Crippen LogP contribution >= 0.6 is 38.5 Å². The van der Waals surface area contributed by atoms with Crippen molar-refractivity contribution < 1.29 is 0 Å². The lowest BCUT2D eigenvalue weighted by atomic mass is 9.99. The fourth-order valence-corrected chi connectivity index (χ4v) is 3.66. The number of benzene rings is 1. The quantitative estimate of drug-likeness (QED) is 0.745. The van der Waals surface area contributed by atoms with Crippen LogP contribution < -0.4 is 5.32 Å². The Hall–Kier alpha value is 0.190. The van der Waals surface area contributed by atoms with Crippen LogP contribution in [-0.4, -0.2) is 30.6 Å². The zero-order valence-electron chi connectivity index (χ0n) is 10.2. The Morgan fingerprint density at radius 2 is 2.24 bits per heavy atom. The second-order valence-electron chi connectivity index (χ2n) is 4.82. The number of hydrogen-bond donors (Lipinski definition) is 1. The molecule has 0 aromatic heterocycles. The van der Waals surface area contributed by atoms with Crippen molar-refractivity contribution in [3.8, 4) is 0 Å². The van der Waals surface area contributed by atoms with Crippen LogP contribution in [-0.2, 0) is 0 Å². The molecular formula is C13H18BrIN2. The highest BCUT2D eigenvalue weighted by Crippen LogP contribution is 2.27. The Labute approximate surface area is 125 Å². The van der Waals surface area contributed by atoms with E-state index in [0.717, 1.165) is 4.47 Å². The molecule has 0 saturated carbocycles. The van der Waals surface area contributed by atoms with Crippen molar-refractivity contribution in [3.05, 3.63) is 26.2 Å². The van der Waals surface area contributed by atoms with Gasteiger partial charge in [0.25, 0.3) is 0 Å². The van der Waals surface area contributed by atoms with E-state index in [1.807, 2.05) is 0 Å². The van der Waals surface area contributed by atoms with Crippen molar-refractivity contribution in [1.29, 1.82) is 0 Å². The number of piperidine rings is 1. The number of halogens is 2. The maximum atomic E-state index is 3.65. The van der Waals surface area contributed by atoms with Crippen LogP contribution in [0.3, 0.4) is 0 Å². The summed E-state index contributed by atoms with van der Waals surface area (Å²) in [6.45, 7) is 3.48. The van der Waals surface area contributed by atoms with Crippen molar-refractivity contribution in [3.63, 3.8) is 0 Å². The molecule has 17 heavy (non-hydrogen) atoms. The van der Waals surface area contributed by atoms with Gasteiger partial charge in [-0.05, 0) is 83.5 Å². The second-order valence-corrected chi connectivity index (χ2v) is 6.92. The molecule has 2 nitrogen and oxygen atoms in total. The van der Waals surface area contributed by atoms with Crippen LogP contribution in [0.5, 0.6) is 0 Å². The molecule has 0 aliphatic carbocycles. The van der Waals surface area contributed by atoms with E-state index in [4.69, 9.17) is 0 Å². The van der Waals surface area contributed by atoms with Gasteiger partial charge in [0.1, 0.15) is 0 Å². The molecule has 0 spiro atoms. The summed E-state index contributed by atoms with van der Waals surface area (Å²) in [4.78, 5) is 2.43. The van der Waals surface area contributed by atoms with E-state index in [1.54, 1.807) is 0 Å². The molecule has 0 bridgehead atoms. The van der Waals surface area contributed by atoms with Crippen molar-refractivity contribution in [1.82, 2.24) is 4.90 Å². The van der Waals surface area contributed by atoms with Crippen molar-refractivity contribution in [2.45, 2.75) is 31.8 Å². The van der Waals surface area contributed by atoms with Gasteiger partial charge in [-0.25, -0.2) is 0 Å². The summed E-state index contributed by atoms with van der Waals surface area (Å²) in [5, 5.41) is 3.65. The topological polar surface area (TPSA) is 15.3 Å². The maximum Gasteiger partial charge on any atom is 0.0487 e. The fourth-order valence-electron chi connectivity index (χ4n) is 2.25. The van der Waals surface area contributed by atoms with Gasteiger partial charge in [0.2, 0.25) is 0 Å². The van der Waals surface area contributed by atoms with E-state index in [0.29, 0.717) is 12.1 Å². The molecule has 1 N–H and O–H groups in total. The lowest BCUT2D eigenvalue weighted by molar-refractivity contribution is 0.190. The first kappa shape index (κ1) is 13.6. The van der Waals surface area contributed by atoms with Gasteiger partial charge < -0.3 is 10.2 Å². The zero-order valence-corrected chi connectivity index (χ0v) is 14.0. The predicted molar refractivity (Wildman–Crippen MR) is 85.6 cm³/mol. The maximum absolute atomic E-state index is 3.65. The molecule has 1 aromatic rings. The SMILES string of the molecule is CC1CC(Nc2ccc(I)cc2Br)CCN1C. The minimum atomic E-state index is 0.595. The molecule has 2 atom stereocenters. The van der Waals surface area contributed by atoms with Gasteiger partial charge in [-0.1, -0.05) is 0 Å². The minimum Gasteiger partial charge on any atom is -0.381 e. The van der Waals surface area contributed by atoms with E-state index in [9.17, 15) is 0 Å². The van der Waals surface area contributed by atoms with E-state index >= 15 is 0 Å². The van der Waals surface area contributed by atoms with E-state index in [1.165, 1.54) is 28.6 Å². The molecule has 1 aromatic carbocycles. The average molecular weight is 409 g/mol. The van der Waals surface area contributed by atoms with Crippen LogP contribution in [0.4, 0.5) is 5.69 Å². The van der Waals surface area contributed by atoms with E-state index in [-0.39, 0.29) is 0 Å². The largest absolute Gasteiger partial charge is 0.381 e. The van der Waals surface area contributed by atoms with Gasteiger partial charge in [-0.15, -0.1) is 0 Å². The van der Waals surface area contributed by atoms with Gasteiger partial charge in [0, 0.05) is 32.4 Å². The summed E-state index contributed by atoms with van der Waals surface area (Å²) in [6.07, 6.45) is 2.44. The number of nitrogens with zero attached hydrogens (tertiary/aromatic N) is 1. The van der Waals surface area contributed by atoms with Crippen LogP contribution in [0, 0.1) is 3.57 Å². The molecular weight excluding hydrogens is 391 g/mol. The van der Waals surface area contributed by atoms with Gasteiger partial charge in [0.15, 0.2) is 0 Å². The summed E-state index contributed by atoms with van der Waals surface area (Å²) in [5.74, 6) is 0. The summed E-state index contributed by atoms with van der Waals surface area (Å²) < 4.78 is 2.42. The predicted octanol–water partition coefficient (Wildman–Crippen LogP) is 3.95. The molecule has 1 aliphatic rings. The van der Waals surface area contributed by atoms with Crippen molar-refractivity contribution in [2.75, 3.05) is 18.9 Å². The first-order chi connectivity index (χ1) is 8.06. The molecule has 1 saturated heterocycles. The Bertz CT molecular complexity index is 397. The van der Waals surface area contributed by atoms with Gasteiger partial charge >= 0.3 is 0 Å². The van der Waals surface area contributed by atoms with E-state index in [2.05, 4.69) is 80.9 Å². The molecule has 94 valence electrons. The second kappa shape index (κ2) is 5.89. The monoisotopic (exact) mass is 408 g/mol. The Morgan fingerprint density at radius 3 is 2.88 bits per heavy atom. The molecule has 0 amide bonds. The molecule has 1 fully saturated rings. The summed E-state index contributed by atoms with van der Waals surface area (Å²) in [6, 6.07) is 7.73. The van der Waals surface area contributed by atoms with Crippen LogP contribution in [0.2, 0.25) is 0 Å². The van der Waals surface area contributed by atoms with Gasteiger partial charge in [-0.3, -0.25) is 0 Å². The highest BCUT2D eigenvalue weighted by atomic mass is 127. The first-order valence-electron chi connectivity index (χ1n) is 5.98. The normalized spacial score (nSPS) is 25.9. The lowest BCUT2D eigenvalue weighted by Crippen LogP contribution is -2.42. The van der Waals surface area contributed by atoms with Crippen molar-refractivity contribution in [2.24, 2.45) is 0 Å². The number of hydrogen-bond acceptors (Lipinski definition) is 2. The molecule has 2 rings (SSSR count). The third kappa shape index (κ3) is 3.58. The molecule has 0 radical (unpaired) electrons. The van der Waals surface area contributed by atoms with Crippen LogP contribution in [0.15, 0.2) is 22.7 Å². The Morgan fingerprint density at radius 1 is 1.47 bits per heavy atom. The van der Waals surface area contributed by atoms with E-state index < -0.39 is 0 Å². The molecule has 1 heterocycles. The number of rotatable bonds is 2. The minimum absolute atomic E-state index is 0.595. The Kier molecular flexibility index (Phi) is 4.72. The molecule has 2 unspecified atom stereocenters. The Balaban J connectivity index is 2.01. The highest BCUT2D eigenvalue weighted by Gasteiger charge is 2.22. The number of anilines is 1. The zero-order chi connectivity index (χ0) is 12.4. The van der Waals surface area contributed by atoms with Crippen LogP contribution in [0.25, 0.3) is 0 Å². The first-order valence-corrected chi connectivity index (χ1v) is 7.85. The molecule has 4 heteroatoms. The highest BCUT2D eigenvalue weighted by molar-refractivity contribution is 14.1. The van der Waals surface area contributed by atoms with Crippen molar-refractivity contribution >= 4 is 44.2 Å². The third-order valence-electron chi connectivity index (χ3n) is 3.50. The number of nitrogens with one attached hydrogen (secondary N) is 1. The van der Waals surface area contributed by atoms with Crippen LogP contribution in [0.1, 0.15) is 19.8 Å². The number of likely N-dealkylation sites (tertiary alicyclic amines) is 1. The lowest BCUT2D eigenvalue weighted by Gasteiger charge is -2.36. The summed E-state index contributed by atoms with van der Waals surface area (Å²) in [7, 11) is 2.21. The average Bonchev–Trinajstić information content (AvgIpc) is 2.27. The standard InChI is InChI=1S/C13H18BrIN2/c1-9-7-11(5-6-17(9)2)16-13-4-3-10(15)8-12(13)14/h3-4,8-9,11,16H,5-7H2,1-2H3. The fraction of sp³-hybridized carbons (Fsp3) is 0.538. The van der Waals surface area contributed by atoms with Gasteiger partial charge in [0.05, 0.1) is 0 Å². The molecule has 1 aliphatic heterocycles. The third-order valence-corrected chi connectivity index (χ3v) is 4.83. The van der Waals surface area contributed by atoms with Gasteiger partial charge in [-0.2, -0.15) is 0 Å². The smallest absolute Gasteiger partial charge is 0.0487 e. The summed E-state index contributed by atoms with van der Waals surface area (Å²) >= 11 is 5.96.